The molecule has 6 nitrogen and oxygen atoms in total. The molecule has 2 aromatic carbocycles. The Hall–Kier alpha value is -2.38. The van der Waals surface area contributed by atoms with E-state index < -0.39 is 10.0 Å². The average Bonchev–Trinajstić information content (AvgIpc) is 2.64. The highest BCUT2D eigenvalue weighted by atomic mass is 32.2. The molecule has 0 fully saturated rings. The summed E-state index contributed by atoms with van der Waals surface area (Å²) >= 11 is 0. The number of hydrogen-bond acceptors (Lipinski definition) is 4. The molecule has 0 saturated heterocycles. The maximum absolute atomic E-state index is 12.4. The van der Waals surface area contributed by atoms with Gasteiger partial charge in [-0.25, -0.2) is 8.42 Å². The Balaban J connectivity index is 1.88. The van der Waals surface area contributed by atoms with Crippen LogP contribution in [0.2, 0.25) is 0 Å². The van der Waals surface area contributed by atoms with E-state index in [1.807, 2.05) is 31.2 Å². The fraction of sp³-hybridized carbons (Fsp3) is 0.350. The molecular formula is C20H26N2O4S. The summed E-state index contributed by atoms with van der Waals surface area (Å²) in [5.74, 6) is 0.529. The number of carbonyl (C=O) groups excluding carboxylic acids is 1. The highest BCUT2D eigenvalue weighted by Crippen LogP contribution is 2.18. The van der Waals surface area contributed by atoms with Crippen molar-refractivity contribution in [2.75, 3.05) is 25.0 Å². The molecule has 0 aliphatic carbocycles. The Labute approximate surface area is 161 Å². The number of ether oxygens (including phenoxy) is 1. The van der Waals surface area contributed by atoms with Gasteiger partial charge in [0.2, 0.25) is 15.9 Å². The third-order valence-corrected chi connectivity index (χ3v) is 6.16. The van der Waals surface area contributed by atoms with Crippen molar-refractivity contribution in [3.63, 3.8) is 0 Å². The van der Waals surface area contributed by atoms with Crippen molar-refractivity contribution >= 4 is 21.6 Å². The molecule has 146 valence electrons. The number of carbonyl (C=O) groups is 1. The van der Waals surface area contributed by atoms with Gasteiger partial charge in [-0.05, 0) is 43.3 Å². The van der Waals surface area contributed by atoms with Crippen LogP contribution in [0.1, 0.15) is 25.8 Å². The maximum atomic E-state index is 12.4. The molecule has 0 atom stereocenters. The van der Waals surface area contributed by atoms with Gasteiger partial charge in [0.15, 0.2) is 0 Å². The summed E-state index contributed by atoms with van der Waals surface area (Å²) < 4.78 is 31.8. The standard InChI is InChI=1S/C20H26N2O4S/c1-4-22(5-2)27(24,25)19-12-8-17(9-13-19)21-20(23)14-15-26-18-10-6-16(3)7-11-18/h6-13H,4-5,14-15H2,1-3H3,(H,21,23). The second-order valence-corrected chi connectivity index (χ2v) is 8.01. The molecule has 7 heteroatoms. The van der Waals surface area contributed by atoms with E-state index in [1.165, 1.54) is 16.4 Å². The summed E-state index contributed by atoms with van der Waals surface area (Å²) in [6, 6.07) is 13.8. The Bertz CT molecular complexity index is 843. The molecule has 0 aliphatic rings. The number of amides is 1. The number of nitrogens with zero attached hydrogens (tertiary/aromatic N) is 1. The number of nitrogens with one attached hydrogen (secondary N) is 1. The highest BCUT2D eigenvalue weighted by Gasteiger charge is 2.21. The second kappa shape index (κ2) is 9.53. The lowest BCUT2D eigenvalue weighted by atomic mass is 10.2. The molecule has 0 radical (unpaired) electrons. The van der Waals surface area contributed by atoms with Crippen LogP contribution in [0.25, 0.3) is 0 Å². The van der Waals surface area contributed by atoms with Crippen LogP contribution in [-0.2, 0) is 14.8 Å². The fourth-order valence-electron chi connectivity index (χ4n) is 2.54. The average molecular weight is 391 g/mol. The number of hydrogen-bond donors (Lipinski definition) is 1. The Kier molecular flexibility index (Phi) is 7.38. The van der Waals surface area contributed by atoms with Gasteiger partial charge in [-0.2, -0.15) is 4.31 Å². The van der Waals surface area contributed by atoms with Crippen LogP contribution in [0, 0.1) is 6.92 Å². The number of rotatable bonds is 9. The lowest BCUT2D eigenvalue weighted by Gasteiger charge is -2.18. The van der Waals surface area contributed by atoms with Crippen LogP contribution in [0.3, 0.4) is 0 Å². The Morgan fingerprint density at radius 1 is 1.00 bits per heavy atom. The van der Waals surface area contributed by atoms with Crippen LogP contribution in [0.4, 0.5) is 5.69 Å². The topological polar surface area (TPSA) is 75.7 Å². The SMILES string of the molecule is CCN(CC)S(=O)(=O)c1ccc(NC(=O)CCOc2ccc(C)cc2)cc1. The second-order valence-electron chi connectivity index (χ2n) is 6.07. The zero-order valence-corrected chi connectivity index (χ0v) is 16.8. The van der Waals surface area contributed by atoms with Crippen molar-refractivity contribution in [1.82, 2.24) is 4.31 Å². The first kappa shape index (κ1) is 20.9. The molecule has 0 spiro atoms. The van der Waals surface area contributed by atoms with Crippen molar-refractivity contribution < 1.29 is 17.9 Å². The van der Waals surface area contributed by atoms with Gasteiger partial charge in [0.25, 0.3) is 0 Å². The molecule has 2 rings (SSSR count). The van der Waals surface area contributed by atoms with E-state index in [4.69, 9.17) is 4.74 Å². The van der Waals surface area contributed by atoms with Crippen LogP contribution in [-0.4, -0.2) is 38.3 Å². The molecular weight excluding hydrogens is 364 g/mol. The minimum atomic E-state index is -3.49. The molecule has 0 bridgehead atoms. The first-order valence-electron chi connectivity index (χ1n) is 8.96. The van der Waals surface area contributed by atoms with Crippen molar-refractivity contribution in [3.8, 4) is 5.75 Å². The van der Waals surface area contributed by atoms with Crippen LogP contribution >= 0.6 is 0 Å². The predicted molar refractivity (Wildman–Crippen MR) is 106 cm³/mol. The van der Waals surface area contributed by atoms with Crippen molar-refractivity contribution in [2.24, 2.45) is 0 Å². The van der Waals surface area contributed by atoms with E-state index in [2.05, 4.69) is 5.32 Å². The Morgan fingerprint density at radius 2 is 1.59 bits per heavy atom. The monoisotopic (exact) mass is 390 g/mol. The third kappa shape index (κ3) is 5.80. The first-order valence-corrected chi connectivity index (χ1v) is 10.4. The molecule has 0 heterocycles. The van der Waals surface area contributed by atoms with E-state index >= 15 is 0 Å². The number of aryl methyl sites for hydroxylation is 1. The van der Waals surface area contributed by atoms with Gasteiger partial charge in [0.05, 0.1) is 17.9 Å². The summed E-state index contributed by atoms with van der Waals surface area (Å²) in [7, 11) is -3.49. The molecule has 0 aliphatic heterocycles. The number of anilines is 1. The van der Waals surface area contributed by atoms with Crippen LogP contribution < -0.4 is 10.1 Å². The van der Waals surface area contributed by atoms with Gasteiger partial charge in [-0.1, -0.05) is 31.5 Å². The summed E-state index contributed by atoms with van der Waals surface area (Å²) in [4.78, 5) is 12.2. The maximum Gasteiger partial charge on any atom is 0.243 e. The Morgan fingerprint density at radius 3 is 2.15 bits per heavy atom. The van der Waals surface area contributed by atoms with Crippen LogP contribution in [0.15, 0.2) is 53.4 Å². The van der Waals surface area contributed by atoms with E-state index in [0.29, 0.717) is 18.8 Å². The molecule has 0 unspecified atom stereocenters. The van der Waals surface area contributed by atoms with Crippen LogP contribution in [0.5, 0.6) is 5.75 Å². The summed E-state index contributed by atoms with van der Waals surface area (Å²) in [5, 5.41) is 2.75. The molecule has 0 saturated carbocycles. The van der Waals surface area contributed by atoms with E-state index in [1.54, 1.807) is 26.0 Å². The van der Waals surface area contributed by atoms with Gasteiger partial charge < -0.3 is 10.1 Å². The molecule has 27 heavy (non-hydrogen) atoms. The normalized spacial score (nSPS) is 11.4. The zero-order chi connectivity index (χ0) is 19.9. The smallest absolute Gasteiger partial charge is 0.243 e. The largest absolute Gasteiger partial charge is 0.493 e. The molecule has 2 aromatic rings. The van der Waals surface area contributed by atoms with Crippen molar-refractivity contribution in [3.05, 3.63) is 54.1 Å². The van der Waals surface area contributed by atoms with Crippen molar-refractivity contribution in [1.29, 1.82) is 0 Å². The van der Waals surface area contributed by atoms with Gasteiger partial charge in [0.1, 0.15) is 5.75 Å². The highest BCUT2D eigenvalue weighted by molar-refractivity contribution is 7.89. The first-order chi connectivity index (χ1) is 12.9. The van der Waals surface area contributed by atoms with Gasteiger partial charge in [-0.3, -0.25) is 4.79 Å². The number of benzene rings is 2. The fourth-order valence-corrected chi connectivity index (χ4v) is 4.00. The quantitative estimate of drug-likeness (QED) is 0.712. The van der Waals surface area contributed by atoms with E-state index in [-0.39, 0.29) is 23.8 Å². The van der Waals surface area contributed by atoms with Crippen molar-refractivity contribution in [2.45, 2.75) is 32.1 Å². The van der Waals surface area contributed by atoms with Gasteiger partial charge in [-0.15, -0.1) is 0 Å². The minimum Gasteiger partial charge on any atom is -0.493 e. The zero-order valence-electron chi connectivity index (χ0n) is 15.9. The lowest BCUT2D eigenvalue weighted by molar-refractivity contribution is -0.116. The summed E-state index contributed by atoms with van der Waals surface area (Å²) in [5.41, 5.74) is 1.69. The third-order valence-electron chi connectivity index (χ3n) is 4.10. The summed E-state index contributed by atoms with van der Waals surface area (Å²) in [6.07, 6.45) is 0.202. The van der Waals surface area contributed by atoms with Gasteiger partial charge in [0, 0.05) is 18.8 Å². The predicted octanol–water partition coefficient (Wildman–Crippen LogP) is 3.43. The van der Waals surface area contributed by atoms with Gasteiger partial charge >= 0.3 is 0 Å². The molecule has 1 amide bonds. The minimum absolute atomic E-state index is 0.193. The molecule has 1 N–H and O–H groups in total. The lowest BCUT2D eigenvalue weighted by Crippen LogP contribution is -2.30. The number of sulfonamides is 1. The van der Waals surface area contributed by atoms with E-state index in [9.17, 15) is 13.2 Å². The summed E-state index contributed by atoms with van der Waals surface area (Å²) in [6.45, 7) is 6.69. The van der Waals surface area contributed by atoms with E-state index in [0.717, 1.165) is 11.3 Å². The molecule has 0 aromatic heterocycles.